The predicted octanol–water partition coefficient (Wildman–Crippen LogP) is 5.83. The van der Waals surface area contributed by atoms with Gasteiger partial charge in [0.25, 0.3) is 5.91 Å². The Balaban J connectivity index is 1.29. The van der Waals surface area contributed by atoms with E-state index >= 15 is 0 Å². The topological polar surface area (TPSA) is 59.8 Å². The quantitative estimate of drug-likeness (QED) is 0.498. The van der Waals surface area contributed by atoms with Crippen molar-refractivity contribution in [2.45, 2.75) is 57.0 Å². The molecule has 3 saturated carbocycles. The van der Waals surface area contributed by atoms with Crippen LogP contribution in [-0.4, -0.2) is 27.2 Å². The van der Waals surface area contributed by atoms with Crippen LogP contribution in [0.2, 0.25) is 0 Å². The van der Waals surface area contributed by atoms with E-state index in [0.29, 0.717) is 6.54 Å². The molecule has 0 saturated heterocycles. The van der Waals surface area contributed by atoms with Crippen molar-refractivity contribution < 1.29 is 18.0 Å². The van der Waals surface area contributed by atoms with Gasteiger partial charge in [-0.2, -0.15) is 13.2 Å². The Morgan fingerprint density at radius 3 is 2.26 bits per heavy atom. The lowest BCUT2D eigenvalue weighted by Crippen LogP contribution is -2.50. The average Bonchev–Trinajstić information content (AvgIpc) is 3.25. The van der Waals surface area contributed by atoms with Gasteiger partial charge in [0.05, 0.1) is 11.1 Å². The number of nitrogens with one attached hydrogen (secondary N) is 1. The van der Waals surface area contributed by atoms with Gasteiger partial charge in [-0.15, -0.1) is 10.2 Å². The highest BCUT2D eigenvalue weighted by atomic mass is 19.4. The molecule has 35 heavy (non-hydrogen) atoms. The summed E-state index contributed by atoms with van der Waals surface area (Å²) in [5, 5.41) is 12.0. The number of alkyl halides is 3. The lowest BCUT2D eigenvalue weighted by Gasteiger charge is -2.52. The van der Waals surface area contributed by atoms with Crippen LogP contribution in [-0.2, 0) is 18.6 Å². The number of rotatable bonds is 5. The highest BCUT2D eigenvalue weighted by Crippen LogP contribution is 2.57. The van der Waals surface area contributed by atoms with Gasteiger partial charge in [0.15, 0.2) is 5.82 Å². The smallest absolute Gasteiger partial charge is 0.351 e. The van der Waals surface area contributed by atoms with Gasteiger partial charge in [-0.05, 0) is 68.6 Å². The van der Waals surface area contributed by atoms with Crippen molar-refractivity contribution in [3.63, 3.8) is 0 Å². The van der Waals surface area contributed by atoms with E-state index in [4.69, 9.17) is 0 Å². The molecular weight excluding hydrogens is 453 g/mol. The lowest BCUT2D eigenvalue weighted by molar-refractivity contribution is -0.137. The molecule has 2 aromatic carbocycles. The molecule has 1 amide bonds. The lowest BCUT2D eigenvalue weighted by atomic mass is 9.53. The third-order valence-corrected chi connectivity index (χ3v) is 8.24. The third-order valence-electron chi connectivity index (χ3n) is 8.24. The second-order valence-corrected chi connectivity index (χ2v) is 10.2. The summed E-state index contributed by atoms with van der Waals surface area (Å²) in [5.41, 5.74) is 0.890. The highest BCUT2D eigenvalue weighted by molar-refractivity contribution is 5.95. The Labute approximate surface area is 202 Å². The number of aryl methyl sites for hydroxylation is 1. The molecule has 6 rings (SSSR count). The number of carbonyl (C=O) groups is 1. The number of hydrogen-bond acceptors (Lipinski definition) is 3. The maximum Gasteiger partial charge on any atom is 0.417 e. The van der Waals surface area contributed by atoms with Crippen molar-refractivity contribution in [3.8, 4) is 11.4 Å². The van der Waals surface area contributed by atoms with Crippen LogP contribution in [0.15, 0.2) is 48.5 Å². The SMILES string of the molecule is Cc1ccccc1-c1nnc(C23CCC(CNC(=O)c4ccccc4C(F)(F)F)(CC2)CC3)n1C. The summed E-state index contributed by atoms with van der Waals surface area (Å²) in [6, 6.07) is 13.1. The Hall–Kier alpha value is -3.16. The summed E-state index contributed by atoms with van der Waals surface area (Å²) in [7, 11) is 2.03. The van der Waals surface area contributed by atoms with Crippen molar-refractivity contribution >= 4 is 5.91 Å². The minimum Gasteiger partial charge on any atom is -0.351 e. The van der Waals surface area contributed by atoms with E-state index in [1.54, 1.807) is 0 Å². The number of fused-ring (bicyclic) bond motifs is 3. The van der Waals surface area contributed by atoms with E-state index < -0.39 is 17.6 Å². The molecule has 3 fully saturated rings. The van der Waals surface area contributed by atoms with Gasteiger partial charge in [-0.1, -0.05) is 36.4 Å². The van der Waals surface area contributed by atoms with E-state index in [1.807, 2.05) is 19.2 Å². The fraction of sp³-hybridized carbons (Fsp3) is 0.444. The molecule has 2 bridgehead atoms. The van der Waals surface area contributed by atoms with Gasteiger partial charge < -0.3 is 9.88 Å². The first-order valence-corrected chi connectivity index (χ1v) is 12.0. The summed E-state index contributed by atoms with van der Waals surface area (Å²) < 4.78 is 42.1. The number of carbonyl (C=O) groups excluding carboxylic acids is 1. The Morgan fingerprint density at radius 2 is 1.60 bits per heavy atom. The van der Waals surface area contributed by atoms with Gasteiger partial charge >= 0.3 is 6.18 Å². The third kappa shape index (κ3) is 4.13. The largest absolute Gasteiger partial charge is 0.417 e. The molecule has 0 unspecified atom stereocenters. The zero-order valence-corrected chi connectivity index (χ0v) is 20.0. The predicted molar refractivity (Wildman–Crippen MR) is 127 cm³/mol. The normalized spacial score (nSPS) is 23.9. The molecule has 3 aliphatic rings. The Kier molecular flexibility index (Phi) is 5.73. The Morgan fingerprint density at radius 1 is 0.971 bits per heavy atom. The van der Waals surface area contributed by atoms with Crippen molar-refractivity contribution in [1.82, 2.24) is 20.1 Å². The molecule has 1 heterocycles. The van der Waals surface area contributed by atoms with Gasteiger partial charge in [0.1, 0.15) is 5.82 Å². The first-order chi connectivity index (χ1) is 16.6. The average molecular weight is 483 g/mol. The fourth-order valence-electron chi connectivity index (χ4n) is 6.00. The van der Waals surface area contributed by atoms with Gasteiger partial charge in [0, 0.05) is 24.6 Å². The molecule has 184 valence electrons. The zero-order valence-electron chi connectivity index (χ0n) is 20.0. The van der Waals surface area contributed by atoms with E-state index in [0.717, 1.165) is 67.4 Å². The number of halogens is 3. The second-order valence-electron chi connectivity index (χ2n) is 10.2. The fourth-order valence-corrected chi connectivity index (χ4v) is 6.00. The zero-order chi connectivity index (χ0) is 24.8. The van der Waals surface area contributed by atoms with E-state index in [2.05, 4.69) is 39.1 Å². The van der Waals surface area contributed by atoms with Crippen molar-refractivity contribution in [2.75, 3.05) is 6.54 Å². The second kappa shape index (κ2) is 8.50. The van der Waals surface area contributed by atoms with E-state index in [-0.39, 0.29) is 16.4 Å². The van der Waals surface area contributed by atoms with Gasteiger partial charge in [-0.25, -0.2) is 0 Å². The van der Waals surface area contributed by atoms with Crippen LogP contribution in [0.4, 0.5) is 13.2 Å². The molecule has 3 aliphatic carbocycles. The van der Waals surface area contributed by atoms with Gasteiger partial charge in [-0.3, -0.25) is 4.79 Å². The van der Waals surface area contributed by atoms with Crippen LogP contribution in [0, 0.1) is 12.3 Å². The molecule has 0 atom stereocenters. The minimum absolute atomic E-state index is 0.0443. The molecule has 0 radical (unpaired) electrons. The standard InChI is InChI=1S/C27H29F3N4O/c1-18-7-3-4-8-19(18)22-32-33-24(34(22)2)26-14-11-25(12-15-26,13-16-26)17-31-23(35)20-9-5-6-10-21(20)27(28,29)30/h3-10H,11-17H2,1-2H3,(H,31,35). The number of nitrogens with zero attached hydrogens (tertiary/aromatic N) is 3. The monoisotopic (exact) mass is 482 g/mol. The first kappa shape index (κ1) is 23.6. The minimum atomic E-state index is -4.56. The number of amides is 1. The van der Waals surface area contributed by atoms with Gasteiger partial charge in [0.2, 0.25) is 0 Å². The van der Waals surface area contributed by atoms with Crippen LogP contribution in [0.25, 0.3) is 11.4 Å². The maximum absolute atomic E-state index is 13.3. The van der Waals surface area contributed by atoms with E-state index in [9.17, 15) is 18.0 Å². The molecule has 3 aromatic rings. The molecule has 1 aromatic heterocycles. The Bertz CT molecular complexity index is 1240. The molecule has 0 spiro atoms. The van der Waals surface area contributed by atoms with Crippen LogP contribution in [0.1, 0.15) is 65.8 Å². The van der Waals surface area contributed by atoms with Crippen LogP contribution in [0.3, 0.4) is 0 Å². The first-order valence-electron chi connectivity index (χ1n) is 12.0. The molecule has 8 heteroatoms. The summed E-state index contributed by atoms with van der Waals surface area (Å²) in [6.07, 6.45) is 0.947. The molecule has 1 N–H and O–H groups in total. The van der Waals surface area contributed by atoms with Crippen LogP contribution >= 0.6 is 0 Å². The van der Waals surface area contributed by atoms with Crippen LogP contribution < -0.4 is 5.32 Å². The number of benzene rings is 2. The van der Waals surface area contributed by atoms with Crippen molar-refractivity contribution in [3.05, 3.63) is 71.0 Å². The summed E-state index contributed by atoms with van der Waals surface area (Å²) in [4.78, 5) is 12.7. The molecule has 5 nitrogen and oxygen atoms in total. The van der Waals surface area contributed by atoms with Crippen molar-refractivity contribution in [2.24, 2.45) is 12.5 Å². The highest BCUT2D eigenvalue weighted by Gasteiger charge is 2.51. The molecule has 0 aliphatic heterocycles. The summed E-state index contributed by atoms with van der Waals surface area (Å²) in [5.74, 6) is 1.21. The molecular formula is C27H29F3N4O. The van der Waals surface area contributed by atoms with Crippen LogP contribution in [0.5, 0.6) is 0 Å². The summed E-state index contributed by atoms with van der Waals surface area (Å²) >= 11 is 0. The number of aromatic nitrogens is 3. The van der Waals surface area contributed by atoms with E-state index in [1.165, 1.54) is 18.2 Å². The maximum atomic E-state index is 13.3. The number of hydrogen-bond donors (Lipinski definition) is 1. The van der Waals surface area contributed by atoms with Crippen molar-refractivity contribution in [1.29, 1.82) is 0 Å². The summed E-state index contributed by atoms with van der Waals surface area (Å²) in [6.45, 7) is 2.46.